The quantitative estimate of drug-likeness (QED) is 0.0436. The van der Waals surface area contributed by atoms with Gasteiger partial charge in [0.2, 0.25) is 5.91 Å². The zero-order valence-corrected chi connectivity index (χ0v) is 34.4. The predicted molar refractivity (Wildman–Crippen MR) is 225 cm³/mol. The summed E-state index contributed by atoms with van der Waals surface area (Å²) in [5.41, 5.74) is 0. The van der Waals surface area contributed by atoms with Gasteiger partial charge in [0.1, 0.15) is 0 Å². The Morgan fingerprint density at radius 2 is 0.804 bits per heavy atom. The van der Waals surface area contributed by atoms with Gasteiger partial charge in [-0.2, -0.15) is 0 Å². The summed E-state index contributed by atoms with van der Waals surface area (Å²) < 4.78 is 0. The van der Waals surface area contributed by atoms with E-state index in [1.165, 1.54) is 173 Å². The molecule has 0 aromatic carbocycles. The molecule has 0 saturated carbocycles. The van der Waals surface area contributed by atoms with Gasteiger partial charge in [-0.05, 0) is 51.4 Å². The van der Waals surface area contributed by atoms with Crippen molar-refractivity contribution in [1.82, 2.24) is 5.32 Å². The zero-order chi connectivity index (χ0) is 37.1. The average Bonchev–Trinajstić information content (AvgIpc) is 3.13. The molecule has 0 aliphatic rings. The minimum Gasteiger partial charge on any atom is -0.394 e. The molecular formula is C47H89NO3. The van der Waals surface area contributed by atoms with Gasteiger partial charge >= 0.3 is 0 Å². The predicted octanol–water partition coefficient (Wildman–Crippen LogP) is 14.2. The van der Waals surface area contributed by atoms with Gasteiger partial charge in [0.05, 0.1) is 18.8 Å². The average molecular weight is 716 g/mol. The molecular weight excluding hydrogens is 627 g/mol. The monoisotopic (exact) mass is 716 g/mol. The second-order valence-electron chi connectivity index (χ2n) is 15.5. The molecule has 0 bridgehead atoms. The van der Waals surface area contributed by atoms with Crippen molar-refractivity contribution in [2.45, 2.75) is 251 Å². The van der Waals surface area contributed by atoms with Crippen molar-refractivity contribution in [3.8, 4) is 0 Å². The molecule has 0 saturated heterocycles. The molecule has 0 aliphatic carbocycles. The summed E-state index contributed by atoms with van der Waals surface area (Å²) in [5, 5.41) is 23.0. The van der Waals surface area contributed by atoms with E-state index in [0.29, 0.717) is 12.8 Å². The van der Waals surface area contributed by atoms with Gasteiger partial charge in [-0.15, -0.1) is 0 Å². The first-order valence-corrected chi connectivity index (χ1v) is 22.7. The van der Waals surface area contributed by atoms with Gasteiger partial charge in [0.25, 0.3) is 0 Å². The van der Waals surface area contributed by atoms with E-state index in [-0.39, 0.29) is 12.5 Å². The van der Waals surface area contributed by atoms with Crippen molar-refractivity contribution in [2.24, 2.45) is 0 Å². The van der Waals surface area contributed by atoms with E-state index in [1.807, 2.05) is 0 Å². The second kappa shape index (κ2) is 43.0. The van der Waals surface area contributed by atoms with E-state index in [2.05, 4.69) is 55.6 Å². The second-order valence-corrected chi connectivity index (χ2v) is 15.5. The van der Waals surface area contributed by atoms with E-state index >= 15 is 0 Å². The van der Waals surface area contributed by atoms with Crippen molar-refractivity contribution < 1.29 is 15.0 Å². The maximum Gasteiger partial charge on any atom is 0.220 e. The zero-order valence-electron chi connectivity index (χ0n) is 34.4. The number of hydrogen-bond acceptors (Lipinski definition) is 3. The lowest BCUT2D eigenvalue weighted by Crippen LogP contribution is -2.45. The summed E-state index contributed by atoms with van der Waals surface area (Å²) in [6.07, 6.45) is 56.8. The number of hydrogen-bond donors (Lipinski definition) is 3. The highest BCUT2D eigenvalue weighted by molar-refractivity contribution is 5.76. The first-order chi connectivity index (χ1) is 25.2. The van der Waals surface area contributed by atoms with E-state index < -0.39 is 12.1 Å². The van der Waals surface area contributed by atoms with Crippen molar-refractivity contribution in [3.05, 3.63) is 36.5 Å². The molecule has 300 valence electrons. The summed E-state index contributed by atoms with van der Waals surface area (Å²) in [6, 6.07) is -0.532. The third-order valence-corrected chi connectivity index (χ3v) is 10.4. The summed E-state index contributed by atoms with van der Waals surface area (Å²) in [7, 11) is 0. The highest BCUT2D eigenvalue weighted by Gasteiger charge is 2.20. The van der Waals surface area contributed by atoms with Crippen molar-refractivity contribution >= 4 is 5.91 Å². The van der Waals surface area contributed by atoms with Crippen molar-refractivity contribution in [3.63, 3.8) is 0 Å². The Bertz CT molecular complexity index is 775. The summed E-state index contributed by atoms with van der Waals surface area (Å²) in [4.78, 5) is 12.3. The van der Waals surface area contributed by atoms with Crippen LogP contribution in [0.4, 0.5) is 0 Å². The number of rotatable bonds is 41. The summed E-state index contributed by atoms with van der Waals surface area (Å²) in [6.45, 7) is 4.32. The Balaban J connectivity index is 3.42. The number of nitrogens with one attached hydrogen (secondary N) is 1. The smallest absolute Gasteiger partial charge is 0.220 e. The largest absolute Gasteiger partial charge is 0.394 e. The van der Waals surface area contributed by atoms with Gasteiger partial charge in [0, 0.05) is 6.42 Å². The van der Waals surface area contributed by atoms with Crippen LogP contribution in [-0.2, 0) is 4.79 Å². The van der Waals surface area contributed by atoms with Crippen molar-refractivity contribution in [2.75, 3.05) is 6.61 Å². The topological polar surface area (TPSA) is 69.6 Å². The molecule has 0 rings (SSSR count). The third kappa shape index (κ3) is 39.6. The van der Waals surface area contributed by atoms with E-state index in [9.17, 15) is 15.0 Å². The standard InChI is InChI=1S/C47H89NO3/c1-3-5-7-9-11-13-14-15-16-17-18-19-20-21-22-23-24-25-26-27-28-29-30-31-32-33-34-35-37-39-41-43-47(51)48-45(44-49)46(50)42-40-38-36-12-10-8-6-4-2/h14-15,17-18,20-21,45-46,49-50H,3-13,16,19,22-44H2,1-2H3,(H,48,51)/b15-14-,18-17-,21-20-. The minimum absolute atomic E-state index is 0.0339. The maximum absolute atomic E-state index is 12.3. The summed E-state index contributed by atoms with van der Waals surface area (Å²) in [5.74, 6) is -0.0339. The molecule has 4 nitrogen and oxygen atoms in total. The Hall–Kier alpha value is -1.39. The fraction of sp³-hybridized carbons (Fsp3) is 0.851. The highest BCUT2D eigenvalue weighted by atomic mass is 16.3. The van der Waals surface area contributed by atoms with Crippen LogP contribution >= 0.6 is 0 Å². The molecule has 0 heterocycles. The summed E-state index contributed by atoms with van der Waals surface area (Å²) >= 11 is 0. The number of carbonyl (C=O) groups is 1. The van der Waals surface area contributed by atoms with Crippen LogP contribution < -0.4 is 5.32 Å². The maximum atomic E-state index is 12.3. The lowest BCUT2D eigenvalue weighted by Gasteiger charge is -2.22. The number of unbranched alkanes of at least 4 members (excludes halogenated alkanes) is 28. The SMILES string of the molecule is CCCCCCC/C=C\C/C=C\C/C=C\CCCCCCCCCCCCCCCCCCC(=O)NC(CO)C(O)CCCCCCCCCC. The number of allylic oxidation sites excluding steroid dienone is 6. The van der Waals surface area contributed by atoms with Crippen LogP contribution in [0.3, 0.4) is 0 Å². The molecule has 3 N–H and O–H groups in total. The molecule has 0 fully saturated rings. The van der Waals surface area contributed by atoms with Crippen LogP contribution in [0.25, 0.3) is 0 Å². The van der Waals surface area contributed by atoms with Crippen LogP contribution in [0.15, 0.2) is 36.5 Å². The fourth-order valence-electron chi connectivity index (χ4n) is 6.90. The molecule has 0 spiro atoms. The molecule has 1 amide bonds. The van der Waals surface area contributed by atoms with Crippen LogP contribution in [0.2, 0.25) is 0 Å². The molecule has 0 aliphatic heterocycles. The highest BCUT2D eigenvalue weighted by Crippen LogP contribution is 2.16. The molecule has 4 heteroatoms. The molecule has 2 atom stereocenters. The minimum atomic E-state index is -0.655. The Labute approximate surface area is 319 Å². The van der Waals surface area contributed by atoms with Crippen LogP contribution in [0.5, 0.6) is 0 Å². The van der Waals surface area contributed by atoms with E-state index in [1.54, 1.807) is 0 Å². The number of aliphatic hydroxyl groups excluding tert-OH is 2. The Morgan fingerprint density at radius 1 is 0.471 bits per heavy atom. The molecule has 2 unspecified atom stereocenters. The number of amides is 1. The van der Waals surface area contributed by atoms with Crippen molar-refractivity contribution in [1.29, 1.82) is 0 Å². The van der Waals surface area contributed by atoms with Crippen LogP contribution in [-0.4, -0.2) is 34.9 Å². The lowest BCUT2D eigenvalue weighted by molar-refractivity contribution is -0.123. The first kappa shape index (κ1) is 49.6. The fourth-order valence-corrected chi connectivity index (χ4v) is 6.90. The van der Waals surface area contributed by atoms with Gasteiger partial charge < -0.3 is 15.5 Å². The number of aliphatic hydroxyl groups is 2. The van der Waals surface area contributed by atoms with Gasteiger partial charge in [-0.25, -0.2) is 0 Å². The molecule has 0 aromatic rings. The van der Waals surface area contributed by atoms with Gasteiger partial charge in [0.15, 0.2) is 0 Å². The first-order valence-electron chi connectivity index (χ1n) is 22.7. The van der Waals surface area contributed by atoms with Gasteiger partial charge in [-0.3, -0.25) is 4.79 Å². The normalized spacial score (nSPS) is 13.3. The Morgan fingerprint density at radius 3 is 1.20 bits per heavy atom. The molecule has 51 heavy (non-hydrogen) atoms. The van der Waals surface area contributed by atoms with Gasteiger partial charge in [-0.1, -0.05) is 217 Å². The molecule has 0 radical (unpaired) electrons. The lowest BCUT2D eigenvalue weighted by atomic mass is 10.0. The Kier molecular flexibility index (Phi) is 41.8. The van der Waals surface area contributed by atoms with Crippen LogP contribution in [0.1, 0.15) is 239 Å². The molecule has 0 aromatic heterocycles. The van der Waals surface area contributed by atoms with E-state index in [0.717, 1.165) is 38.5 Å². The number of carbonyl (C=O) groups excluding carboxylic acids is 1. The van der Waals surface area contributed by atoms with Crippen LogP contribution in [0, 0.1) is 0 Å². The third-order valence-electron chi connectivity index (χ3n) is 10.4. The van der Waals surface area contributed by atoms with E-state index in [4.69, 9.17) is 0 Å².